The number of carbonyl (C=O) groups excluding carboxylic acids is 1. The average Bonchev–Trinajstić information content (AvgIpc) is 3.58. The second-order valence-electron chi connectivity index (χ2n) is 9.20. The summed E-state index contributed by atoms with van der Waals surface area (Å²) in [5.74, 6) is -3.12. The van der Waals surface area contributed by atoms with Crippen LogP contribution in [0, 0.1) is 17.5 Å². The summed E-state index contributed by atoms with van der Waals surface area (Å²) in [5, 5.41) is 4.29. The zero-order chi connectivity index (χ0) is 28.1. The molecular weight excluding hydrogens is 523 g/mol. The molecule has 2 aromatic carbocycles. The van der Waals surface area contributed by atoms with Gasteiger partial charge in [0.15, 0.2) is 11.3 Å². The van der Waals surface area contributed by atoms with E-state index in [0.717, 1.165) is 18.7 Å². The number of hydrogen-bond donors (Lipinski definition) is 0. The maximum Gasteiger partial charge on any atom is 0.340 e. The van der Waals surface area contributed by atoms with Gasteiger partial charge in [0.05, 0.1) is 48.6 Å². The van der Waals surface area contributed by atoms with E-state index < -0.39 is 29.5 Å². The van der Waals surface area contributed by atoms with Crippen LogP contribution in [0.2, 0.25) is 0 Å². The van der Waals surface area contributed by atoms with Crippen LogP contribution in [-0.2, 0) is 11.8 Å². The Morgan fingerprint density at radius 2 is 1.77 bits per heavy atom. The van der Waals surface area contributed by atoms with Gasteiger partial charge in [-0.3, -0.25) is 9.67 Å². The predicted molar refractivity (Wildman–Crippen MR) is 140 cm³/mol. The topological polar surface area (TPSA) is 101 Å². The van der Waals surface area contributed by atoms with Crippen LogP contribution in [0.1, 0.15) is 28.9 Å². The Balaban J connectivity index is 1.43. The van der Waals surface area contributed by atoms with Crippen LogP contribution >= 0.6 is 0 Å². The van der Waals surface area contributed by atoms with E-state index in [0.29, 0.717) is 11.1 Å². The largest absolute Gasteiger partial charge is 0.465 e. The highest BCUT2D eigenvalue weighted by molar-refractivity contribution is 5.90. The Labute approximate surface area is 224 Å². The first-order valence-corrected chi connectivity index (χ1v) is 12.1. The second-order valence-corrected chi connectivity index (χ2v) is 9.20. The van der Waals surface area contributed by atoms with E-state index in [1.165, 1.54) is 35.3 Å². The molecule has 0 spiro atoms. The molecule has 200 valence electrons. The molecule has 1 unspecified atom stereocenters. The standard InChI is InChI=1S/C28H20F3N7O2/c1-14(24-21(30)8-22-19(25(24)31)6-16(9-32-22)17-10-35-37(2)12-17)38-13-34-26-27(38)36-23(11-33-26)15-4-5-18(20(29)7-15)28(39)40-3/h4-14H,1-3H3. The Hall–Kier alpha value is -5.13. The Bertz CT molecular complexity index is 1950. The van der Waals surface area contributed by atoms with Gasteiger partial charge in [-0.1, -0.05) is 6.07 Å². The van der Waals surface area contributed by atoms with Crippen molar-refractivity contribution < 1.29 is 22.7 Å². The van der Waals surface area contributed by atoms with Gasteiger partial charge in [-0.15, -0.1) is 0 Å². The number of halogens is 3. The smallest absolute Gasteiger partial charge is 0.340 e. The lowest BCUT2D eigenvalue weighted by molar-refractivity contribution is 0.0595. The van der Waals surface area contributed by atoms with Crippen LogP contribution in [0.5, 0.6) is 0 Å². The molecule has 0 aliphatic carbocycles. The van der Waals surface area contributed by atoms with Crippen LogP contribution in [0.4, 0.5) is 13.2 Å². The van der Waals surface area contributed by atoms with Gasteiger partial charge < -0.3 is 9.30 Å². The number of carbonyl (C=O) groups is 1. The number of aromatic nitrogens is 7. The highest BCUT2D eigenvalue weighted by Crippen LogP contribution is 2.33. The van der Waals surface area contributed by atoms with E-state index in [1.807, 2.05) is 0 Å². The van der Waals surface area contributed by atoms with Gasteiger partial charge in [0.25, 0.3) is 0 Å². The van der Waals surface area contributed by atoms with Gasteiger partial charge in [0.2, 0.25) is 0 Å². The van der Waals surface area contributed by atoms with Crippen molar-refractivity contribution in [3.8, 4) is 22.4 Å². The first kappa shape index (κ1) is 25.2. The number of benzene rings is 2. The second kappa shape index (κ2) is 9.56. The summed E-state index contributed by atoms with van der Waals surface area (Å²) in [6.45, 7) is 1.62. The first-order valence-electron chi connectivity index (χ1n) is 12.1. The van der Waals surface area contributed by atoms with Gasteiger partial charge in [-0.2, -0.15) is 5.10 Å². The SMILES string of the molecule is COC(=O)c1ccc(-c2cnc3ncn(C(C)c4c(F)cc5ncc(-c6cnn(C)c6)cc5c4F)c3n2)cc1F. The van der Waals surface area contributed by atoms with Crippen LogP contribution in [0.3, 0.4) is 0 Å². The molecule has 4 heterocycles. The number of rotatable bonds is 5. The number of aryl methyl sites for hydroxylation is 1. The number of methoxy groups -OCH3 is 1. The molecule has 0 fully saturated rings. The number of imidazole rings is 1. The van der Waals surface area contributed by atoms with E-state index in [9.17, 15) is 9.18 Å². The zero-order valence-corrected chi connectivity index (χ0v) is 21.4. The van der Waals surface area contributed by atoms with Crippen molar-refractivity contribution in [3.63, 3.8) is 0 Å². The molecule has 6 rings (SSSR count). The Kier molecular flexibility index (Phi) is 6.01. The molecule has 4 aromatic heterocycles. The lowest BCUT2D eigenvalue weighted by Gasteiger charge is -2.17. The maximum absolute atomic E-state index is 15.9. The quantitative estimate of drug-likeness (QED) is 0.274. The lowest BCUT2D eigenvalue weighted by atomic mass is 10.0. The first-order chi connectivity index (χ1) is 19.2. The van der Waals surface area contributed by atoms with Crippen molar-refractivity contribution in [3.05, 3.63) is 90.0 Å². The summed E-state index contributed by atoms with van der Waals surface area (Å²) in [6, 6.07) is 5.86. The molecule has 0 saturated heterocycles. The summed E-state index contributed by atoms with van der Waals surface area (Å²) >= 11 is 0. The van der Waals surface area contributed by atoms with Crippen LogP contribution in [-0.4, -0.2) is 47.4 Å². The summed E-state index contributed by atoms with van der Waals surface area (Å²) < 4.78 is 53.5. The summed E-state index contributed by atoms with van der Waals surface area (Å²) in [6.07, 6.45) is 7.75. The third kappa shape index (κ3) is 4.13. The fourth-order valence-electron chi connectivity index (χ4n) is 4.65. The molecule has 1 atom stereocenters. The zero-order valence-electron chi connectivity index (χ0n) is 21.4. The van der Waals surface area contributed by atoms with Crippen molar-refractivity contribution in [2.45, 2.75) is 13.0 Å². The monoisotopic (exact) mass is 543 g/mol. The predicted octanol–water partition coefficient (Wildman–Crippen LogP) is 5.26. The average molecular weight is 544 g/mol. The highest BCUT2D eigenvalue weighted by Gasteiger charge is 2.24. The van der Waals surface area contributed by atoms with Gasteiger partial charge in [-0.05, 0) is 25.1 Å². The molecule has 12 heteroatoms. The maximum atomic E-state index is 15.9. The molecule has 0 N–H and O–H groups in total. The number of fused-ring (bicyclic) bond motifs is 2. The molecule has 6 aromatic rings. The number of ether oxygens (including phenoxy) is 1. The minimum absolute atomic E-state index is 0.155. The summed E-state index contributed by atoms with van der Waals surface area (Å²) in [7, 11) is 2.93. The Morgan fingerprint density at radius 3 is 2.50 bits per heavy atom. The summed E-state index contributed by atoms with van der Waals surface area (Å²) in [4.78, 5) is 29.1. The minimum Gasteiger partial charge on any atom is -0.465 e. The van der Waals surface area contributed by atoms with Gasteiger partial charge in [0, 0.05) is 53.1 Å². The van der Waals surface area contributed by atoms with Gasteiger partial charge in [0.1, 0.15) is 17.5 Å². The van der Waals surface area contributed by atoms with E-state index >= 15 is 8.78 Å². The summed E-state index contributed by atoms with van der Waals surface area (Å²) in [5.41, 5.74) is 2.24. The Morgan fingerprint density at radius 1 is 0.950 bits per heavy atom. The van der Waals surface area contributed by atoms with Crippen molar-refractivity contribution in [1.82, 2.24) is 34.3 Å². The third-order valence-electron chi connectivity index (χ3n) is 6.74. The fraction of sp³-hybridized carbons (Fsp3) is 0.143. The molecule has 40 heavy (non-hydrogen) atoms. The van der Waals surface area contributed by atoms with E-state index in [-0.39, 0.29) is 39.0 Å². The molecule has 0 aliphatic rings. The molecular formula is C28H20F3N7O2. The minimum atomic E-state index is -0.876. The lowest BCUT2D eigenvalue weighted by Crippen LogP contribution is -2.12. The number of nitrogens with zero attached hydrogens (tertiary/aromatic N) is 7. The van der Waals surface area contributed by atoms with E-state index in [2.05, 4.69) is 29.8 Å². The van der Waals surface area contributed by atoms with Crippen molar-refractivity contribution >= 4 is 28.2 Å². The van der Waals surface area contributed by atoms with Crippen molar-refractivity contribution in [2.75, 3.05) is 7.11 Å². The number of hydrogen-bond acceptors (Lipinski definition) is 7. The number of esters is 1. The van der Waals surface area contributed by atoms with Gasteiger partial charge >= 0.3 is 5.97 Å². The molecule has 0 bridgehead atoms. The van der Waals surface area contributed by atoms with E-state index in [4.69, 9.17) is 0 Å². The van der Waals surface area contributed by atoms with Crippen LogP contribution in [0.15, 0.2) is 61.4 Å². The van der Waals surface area contributed by atoms with Gasteiger partial charge in [-0.25, -0.2) is 32.9 Å². The van der Waals surface area contributed by atoms with Crippen LogP contribution < -0.4 is 0 Å². The molecule has 0 saturated carbocycles. The van der Waals surface area contributed by atoms with E-state index in [1.54, 1.807) is 43.3 Å². The molecule has 0 aliphatic heterocycles. The van der Waals surface area contributed by atoms with Crippen molar-refractivity contribution in [1.29, 1.82) is 0 Å². The molecule has 0 amide bonds. The normalized spacial score (nSPS) is 12.2. The van der Waals surface area contributed by atoms with Crippen LogP contribution in [0.25, 0.3) is 44.6 Å². The van der Waals surface area contributed by atoms with Crippen molar-refractivity contribution in [2.24, 2.45) is 7.05 Å². The fourth-order valence-corrected chi connectivity index (χ4v) is 4.65. The third-order valence-corrected chi connectivity index (χ3v) is 6.74. The molecule has 9 nitrogen and oxygen atoms in total. The molecule has 0 radical (unpaired) electrons. The number of pyridine rings is 1. The highest BCUT2D eigenvalue weighted by atomic mass is 19.1.